The zero-order valence-electron chi connectivity index (χ0n) is 22.2. The van der Waals surface area contributed by atoms with Gasteiger partial charge in [0.1, 0.15) is 11.3 Å². The van der Waals surface area contributed by atoms with Gasteiger partial charge in [-0.1, -0.05) is 55.8 Å². The smallest absolute Gasteiger partial charge is 0.329 e. The summed E-state index contributed by atoms with van der Waals surface area (Å²) in [6.45, 7) is 5.22. The van der Waals surface area contributed by atoms with E-state index in [1.807, 2.05) is 24.3 Å². The van der Waals surface area contributed by atoms with Crippen LogP contribution in [0.2, 0.25) is 5.02 Å². The highest BCUT2D eigenvalue weighted by Crippen LogP contribution is 2.56. The Bertz CT molecular complexity index is 1250. The summed E-state index contributed by atoms with van der Waals surface area (Å²) in [6.07, 6.45) is 8.43. The minimum atomic E-state index is -1.00. The summed E-state index contributed by atoms with van der Waals surface area (Å²) < 4.78 is 6.19. The number of aromatic nitrogens is 1. The van der Waals surface area contributed by atoms with Crippen molar-refractivity contribution < 1.29 is 14.6 Å². The number of carboxylic acids is 1. The van der Waals surface area contributed by atoms with Gasteiger partial charge in [-0.05, 0) is 103 Å². The number of aliphatic carboxylic acids is 1. The number of rotatable bonds is 9. The maximum absolute atomic E-state index is 12.7. The van der Waals surface area contributed by atoms with Crippen molar-refractivity contribution in [1.82, 2.24) is 4.98 Å². The Hall–Kier alpha value is -3.05. The molecule has 2 aliphatic rings. The lowest BCUT2D eigenvalue weighted by atomic mass is 9.59. The van der Waals surface area contributed by atoms with E-state index >= 15 is 0 Å². The molecule has 38 heavy (non-hydrogen) atoms. The highest BCUT2D eigenvalue weighted by atomic mass is 35.5. The molecule has 1 aromatic heterocycles. The monoisotopic (exact) mass is 532 g/mol. The largest absolute Gasteiger partial charge is 0.493 e. The Balaban J connectivity index is 1.38. The molecule has 6 heteroatoms. The minimum absolute atomic E-state index is 0.0185. The first-order valence-corrected chi connectivity index (χ1v) is 14.1. The van der Waals surface area contributed by atoms with E-state index in [1.54, 1.807) is 24.5 Å². The van der Waals surface area contributed by atoms with Crippen LogP contribution in [0.3, 0.4) is 0 Å². The third-order valence-corrected chi connectivity index (χ3v) is 9.29. The highest BCUT2D eigenvalue weighted by Gasteiger charge is 2.54. The van der Waals surface area contributed by atoms with Gasteiger partial charge in [0.25, 0.3) is 0 Å². The number of hydrogen-bond donors (Lipinski definition) is 2. The van der Waals surface area contributed by atoms with Crippen LogP contribution in [0.4, 0.5) is 5.69 Å². The highest BCUT2D eigenvalue weighted by molar-refractivity contribution is 6.30. The van der Waals surface area contributed by atoms with Gasteiger partial charge in [-0.2, -0.15) is 0 Å². The molecule has 0 saturated heterocycles. The average Bonchev–Trinajstić information content (AvgIpc) is 3.21. The van der Waals surface area contributed by atoms with Gasteiger partial charge in [-0.25, -0.2) is 4.79 Å². The van der Waals surface area contributed by atoms with Crippen molar-refractivity contribution in [3.8, 4) is 5.75 Å². The summed E-state index contributed by atoms with van der Waals surface area (Å²) in [5, 5.41) is 14.4. The average molecular weight is 533 g/mol. The van der Waals surface area contributed by atoms with Crippen LogP contribution in [-0.2, 0) is 16.6 Å². The number of carboxylic acid groups (broad SMARTS) is 1. The first kappa shape index (κ1) is 26.6. The molecule has 2 aromatic carbocycles. The molecule has 0 radical (unpaired) electrons. The second kappa shape index (κ2) is 11.0. The predicted octanol–water partition coefficient (Wildman–Crippen LogP) is 7.40. The Morgan fingerprint density at radius 1 is 1.08 bits per heavy atom. The molecular formula is C32H37ClN2O3. The van der Waals surface area contributed by atoms with Crippen molar-refractivity contribution in [1.29, 1.82) is 0 Å². The summed E-state index contributed by atoms with van der Waals surface area (Å²) in [4.78, 5) is 16.8. The van der Waals surface area contributed by atoms with Crippen molar-refractivity contribution in [2.45, 2.75) is 63.3 Å². The van der Waals surface area contributed by atoms with Crippen LogP contribution in [0.5, 0.6) is 5.75 Å². The Kier molecular flexibility index (Phi) is 7.67. The SMILES string of the molecule is CC(C)[C@H](COc1ccncc1)C[C@H]1Cc2ccccc2C12CCC(Nc1cccc(Cl)c1)(C(=O)O)CC2. The fourth-order valence-electron chi connectivity index (χ4n) is 6.74. The molecule has 5 rings (SSSR count). The molecule has 1 fully saturated rings. The number of pyridine rings is 1. The number of fused-ring (bicyclic) bond motifs is 2. The third kappa shape index (κ3) is 5.26. The van der Waals surface area contributed by atoms with Crippen molar-refractivity contribution in [2.75, 3.05) is 11.9 Å². The van der Waals surface area contributed by atoms with Crippen molar-refractivity contribution in [3.05, 3.63) is 89.2 Å². The third-order valence-electron chi connectivity index (χ3n) is 9.06. The number of halogens is 1. The maximum Gasteiger partial charge on any atom is 0.329 e. The summed E-state index contributed by atoms with van der Waals surface area (Å²) >= 11 is 6.20. The predicted molar refractivity (Wildman–Crippen MR) is 152 cm³/mol. The minimum Gasteiger partial charge on any atom is -0.493 e. The Morgan fingerprint density at radius 3 is 2.50 bits per heavy atom. The van der Waals surface area contributed by atoms with Crippen molar-refractivity contribution in [3.63, 3.8) is 0 Å². The van der Waals surface area contributed by atoms with Crippen molar-refractivity contribution >= 4 is 23.3 Å². The molecule has 0 aliphatic heterocycles. The van der Waals surface area contributed by atoms with Crippen LogP contribution in [0.1, 0.15) is 57.1 Å². The molecule has 0 amide bonds. The van der Waals surface area contributed by atoms with E-state index in [1.165, 1.54) is 11.1 Å². The number of benzene rings is 2. The van der Waals surface area contributed by atoms with E-state index in [0.29, 0.717) is 42.2 Å². The Labute approximate surface area is 230 Å². The lowest BCUT2D eigenvalue weighted by Gasteiger charge is -2.47. The summed E-state index contributed by atoms with van der Waals surface area (Å²) in [7, 11) is 0. The number of hydrogen-bond acceptors (Lipinski definition) is 4. The second-order valence-corrected chi connectivity index (χ2v) is 11.9. The molecular weight excluding hydrogens is 496 g/mol. The molecule has 3 aromatic rings. The van der Waals surface area contributed by atoms with Gasteiger partial charge in [-0.15, -0.1) is 0 Å². The zero-order chi connectivity index (χ0) is 26.8. The second-order valence-electron chi connectivity index (χ2n) is 11.5. The topological polar surface area (TPSA) is 71.5 Å². The van der Waals surface area contributed by atoms with E-state index in [4.69, 9.17) is 16.3 Å². The van der Waals surface area contributed by atoms with Gasteiger partial charge in [-0.3, -0.25) is 4.98 Å². The van der Waals surface area contributed by atoms with Crippen LogP contribution in [0.25, 0.3) is 0 Å². The number of anilines is 1. The molecule has 2 atom stereocenters. The van der Waals surface area contributed by atoms with Gasteiger partial charge in [0.15, 0.2) is 0 Å². The van der Waals surface area contributed by atoms with Crippen molar-refractivity contribution in [2.24, 2.45) is 17.8 Å². The first-order chi connectivity index (χ1) is 18.3. The lowest BCUT2D eigenvalue weighted by molar-refractivity contribution is -0.144. The standard InChI is InChI=1S/C32H37ClN2O3/c1-22(2)24(21-38-28-10-16-34-17-11-28)19-25-18-23-6-3-4-9-29(23)31(25)12-14-32(15-13-31,30(36)37)35-27-8-5-7-26(33)20-27/h3-11,16-17,20,22,24-25,35H,12-15,18-19,21H2,1-2H3,(H,36,37)/t24-,25+,31?,32?/m0/s1. The first-order valence-electron chi connectivity index (χ1n) is 13.7. The molecule has 0 bridgehead atoms. The summed E-state index contributed by atoms with van der Waals surface area (Å²) in [6, 6.07) is 20.0. The zero-order valence-corrected chi connectivity index (χ0v) is 23.0. The van der Waals surface area contributed by atoms with Gasteiger partial charge in [0, 0.05) is 23.1 Å². The number of ether oxygens (including phenoxy) is 1. The fraction of sp³-hybridized carbons (Fsp3) is 0.438. The van der Waals surface area contributed by atoms with E-state index in [0.717, 1.165) is 37.1 Å². The van der Waals surface area contributed by atoms with Gasteiger partial charge >= 0.3 is 5.97 Å². The lowest BCUT2D eigenvalue weighted by Crippen LogP contribution is -2.53. The van der Waals surface area contributed by atoms with E-state index in [-0.39, 0.29) is 5.41 Å². The molecule has 2 N–H and O–H groups in total. The van der Waals surface area contributed by atoms with Gasteiger partial charge < -0.3 is 15.2 Å². The summed E-state index contributed by atoms with van der Waals surface area (Å²) in [5.74, 6) is 1.39. The van der Waals surface area contributed by atoms with Crippen LogP contribution in [0.15, 0.2) is 73.1 Å². The van der Waals surface area contributed by atoms with Crippen LogP contribution >= 0.6 is 11.6 Å². The molecule has 200 valence electrons. The fourth-order valence-corrected chi connectivity index (χ4v) is 6.94. The van der Waals surface area contributed by atoms with Crippen LogP contribution < -0.4 is 10.1 Å². The summed E-state index contributed by atoms with van der Waals surface area (Å²) in [5.41, 5.74) is 2.58. The molecule has 2 aliphatic carbocycles. The van der Waals surface area contributed by atoms with Crippen LogP contribution in [-0.4, -0.2) is 28.2 Å². The Morgan fingerprint density at radius 2 is 1.82 bits per heavy atom. The number of nitrogens with one attached hydrogen (secondary N) is 1. The molecule has 5 nitrogen and oxygen atoms in total. The normalized spacial score (nSPS) is 25.2. The molecule has 1 heterocycles. The van der Waals surface area contributed by atoms with E-state index < -0.39 is 11.5 Å². The molecule has 1 saturated carbocycles. The van der Waals surface area contributed by atoms with Gasteiger partial charge in [0.05, 0.1) is 6.61 Å². The molecule has 0 unspecified atom stereocenters. The van der Waals surface area contributed by atoms with E-state index in [2.05, 4.69) is 48.4 Å². The van der Waals surface area contributed by atoms with Crippen LogP contribution in [0, 0.1) is 17.8 Å². The maximum atomic E-state index is 12.7. The van der Waals surface area contributed by atoms with E-state index in [9.17, 15) is 9.90 Å². The number of carbonyl (C=O) groups is 1. The van der Waals surface area contributed by atoms with Gasteiger partial charge in [0.2, 0.25) is 0 Å². The number of nitrogens with zero attached hydrogens (tertiary/aromatic N) is 1. The molecule has 1 spiro atoms. The quantitative estimate of drug-likeness (QED) is 0.300.